The fourth-order valence-electron chi connectivity index (χ4n) is 3.75. The predicted molar refractivity (Wildman–Crippen MR) is 98.0 cm³/mol. The van der Waals surface area contributed by atoms with Crippen LogP contribution in [0.3, 0.4) is 0 Å². The first-order valence-corrected chi connectivity index (χ1v) is 8.99. The summed E-state index contributed by atoms with van der Waals surface area (Å²) in [6, 6.07) is 1.93. The summed E-state index contributed by atoms with van der Waals surface area (Å²) in [5, 5.41) is 7.92. The first-order chi connectivity index (χ1) is 12.5. The summed E-state index contributed by atoms with van der Waals surface area (Å²) < 4.78 is 1.57. The highest BCUT2D eigenvalue weighted by Gasteiger charge is 2.33. The lowest BCUT2D eigenvalue weighted by Crippen LogP contribution is -2.48. The number of anilines is 1. The Morgan fingerprint density at radius 2 is 2.08 bits per heavy atom. The standard InChI is InChI=1S/C18H20ClN5O2/c1-11-14-9-24(10-15(14)22(2)18(26)17(11)19)16(25)5-12-7-23(8-12)13-3-4-20-21-6-13/h3-4,6,12H,5,7-10H2,1-2H3. The van der Waals surface area contributed by atoms with Crippen molar-refractivity contribution in [2.24, 2.45) is 13.0 Å². The first-order valence-electron chi connectivity index (χ1n) is 8.62. The maximum Gasteiger partial charge on any atom is 0.269 e. The first kappa shape index (κ1) is 17.0. The van der Waals surface area contributed by atoms with Crippen molar-refractivity contribution in [1.82, 2.24) is 19.7 Å². The fraction of sp³-hybridized carbons (Fsp3) is 0.444. The van der Waals surface area contributed by atoms with Gasteiger partial charge in [-0.1, -0.05) is 11.6 Å². The van der Waals surface area contributed by atoms with Gasteiger partial charge in [-0.15, -0.1) is 0 Å². The highest BCUT2D eigenvalue weighted by Crippen LogP contribution is 2.30. The number of aromatic nitrogens is 3. The Balaban J connectivity index is 1.40. The van der Waals surface area contributed by atoms with Gasteiger partial charge < -0.3 is 14.4 Å². The molecule has 26 heavy (non-hydrogen) atoms. The smallest absolute Gasteiger partial charge is 0.269 e. The minimum atomic E-state index is -0.196. The summed E-state index contributed by atoms with van der Waals surface area (Å²) >= 11 is 6.13. The second-order valence-electron chi connectivity index (χ2n) is 7.05. The van der Waals surface area contributed by atoms with Gasteiger partial charge in [-0.05, 0) is 24.1 Å². The number of carbonyl (C=O) groups excluding carboxylic acids is 1. The quantitative estimate of drug-likeness (QED) is 0.815. The molecule has 0 radical (unpaired) electrons. The number of hydrogen-bond donors (Lipinski definition) is 0. The maximum absolute atomic E-state index is 12.7. The molecule has 1 fully saturated rings. The Labute approximate surface area is 156 Å². The van der Waals surface area contributed by atoms with Gasteiger partial charge >= 0.3 is 0 Å². The minimum Gasteiger partial charge on any atom is -0.369 e. The van der Waals surface area contributed by atoms with Crippen molar-refractivity contribution in [2.45, 2.75) is 26.4 Å². The molecule has 2 aliphatic heterocycles. The van der Waals surface area contributed by atoms with Crippen LogP contribution in [0.2, 0.25) is 5.02 Å². The van der Waals surface area contributed by atoms with Crippen LogP contribution < -0.4 is 10.5 Å². The van der Waals surface area contributed by atoms with Crippen LogP contribution in [-0.4, -0.2) is 38.7 Å². The highest BCUT2D eigenvalue weighted by atomic mass is 35.5. The molecule has 0 aromatic carbocycles. The molecule has 0 atom stereocenters. The molecule has 2 aromatic heterocycles. The highest BCUT2D eigenvalue weighted by molar-refractivity contribution is 6.31. The number of pyridine rings is 1. The molecule has 1 amide bonds. The van der Waals surface area contributed by atoms with E-state index in [-0.39, 0.29) is 16.5 Å². The number of halogens is 1. The largest absolute Gasteiger partial charge is 0.369 e. The molecule has 0 spiro atoms. The summed E-state index contributed by atoms with van der Waals surface area (Å²) in [5.41, 5.74) is 3.53. The average molecular weight is 374 g/mol. The summed E-state index contributed by atoms with van der Waals surface area (Å²) in [6.07, 6.45) is 3.93. The van der Waals surface area contributed by atoms with Gasteiger partial charge in [0.25, 0.3) is 5.56 Å². The summed E-state index contributed by atoms with van der Waals surface area (Å²) in [4.78, 5) is 28.9. The normalized spacial score (nSPS) is 16.6. The predicted octanol–water partition coefficient (Wildman–Crippen LogP) is 1.51. The Hall–Kier alpha value is -2.41. The van der Waals surface area contributed by atoms with Crippen LogP contribution in [-0.2, 0) is 24.9 Å². The van der Waals surface area contributed by atoms with E-state index in [1.165, 1.54) is 0 Å². The van der Waals surface area contributed by atoms with E-state index in [9.17, 15) is 9.59 Å². The van der Waals surface area contributed by atoms with Gasteiger partial charge in [-0.25, -0.2) is 0 Å². The SMILES string of the molecule is Cc1c2c(n(C)c(=O)c1Cl)CN(C(=O)CC1CN(c3ccnnc3)C1)C2. The molecule has 0 saturated carbocycles. The fourth-order valence-corrected chi connectivity index (χ4v) is 3.99. The number of nitrogens with zero attached hydrogens (tertiary/aromatic N) is 5. The Morgan fingerprint density at radius 3 is 2.77 bits per heavy atom. The molecular formula is C18H20ClN5O2. The molecule has 2 aromatic rings. The number of fused-ring (bicyclic) bond motifs is 1. The number of carbonyl (C=O) groups is 1. The zero-order valence-electron chi connectivity index (χ0n) is 14.8. The third-order valence-electron chi connectivity index (χ3n) is 5.42. The number of amides is 1. The van der Waals surface area contributed by atoms with Crippen LogP contribution in [0.1, 0.15) is 23.2 Å². The van der Waals surface area contributed by atoms with Crippen molar-refractivity contribution in [3.63, 3.8) is 0 Å². The lowest BCUT2D eigenvalue weighted by atomic mass is 9.95. The topological polar surface area (TPSA) is 71.3 Å². The molecule has 0 N–H and O–H groups in total. The van der Waals surface area contributed by atoms with E-state index in [0.29, 0.717) is 25.4 Å². The molecule has 4 heterocycles. The molecule has 4 rings (SSSR count). The van der Waals surface area contributed by atoms with Gasteiger partial charge in [0.2, 0.25) is 5.91 Å². The molecule has 0 bridgehead atoms. The Kier molecular flexibility index (Phi) is 4.19. The van der Waals surface area contributed by atoms with E-state index in [2.05, 4.69) is 15.1 Å². The van der Waals surface area contributed by atoms with E-state index in [1.54, 1.807) is 24.0 Å². The summed E-state index contributed by atoms with van der Waals surface area (Å²) in [5.74, 6) is 0.467. The van der Waals surface area contributed by atoms with Crippen molar-refractivity contribution in [1.29, 1.82) is 0 Å². The third kappa shape index (κ3) is 2.76. The Bertz CT molecular complexity index is 921. The zero-order chi connectivity index (χ0) is 18.4. The van der Waals surface area contributed by atoms with Gasteiger partial charge in [0.05, 0.1) is 24.6 Å². The monoisotopic (exact) mass is 373 g/mol. The van der Waals surface area contributed by atoms with Gasteiger partial charge in [0.1, 0.15) is 5.02 Å². The third-order valence-corrected chi connectivity index (χ3v) is 5.87. The molecular weight excluding hydrogens is 354 g/mol. The van der Waals surface area contributed by atoms with Gasteiger partial charge in [0.15, 0.2) is 0 Å². The molecule has 136 valence electrons. The van der Waals surface area contributed by atoms with Gasteiger partial charge in [-0.2, -0.15) is 10.2 Å². The molecule has 8 heteroatoms. The van der Waals surface area contributed by atoms with Crippen LogP contribution in [0.15, 0.2) is 23.3 Å². The lowest BCUT2D eigenvalue weighted by Gasteiger charge is -2.41. The van der Waals surface area contributed by atoms with Crippen molar-refractivity contribution >= 4 is 23.2 Å². The maximum atomic E-state index is 12.7. The average Bonchev–Trinajstić information content (AvgIpc) is 3.07. The minimum absolute atomic E-state index is 0.127. The summed E-state index contributed by atoms with van der Waals surface area (Å²) in [6.45, 7) is 4.55. The second kappa shape index (κ2) is 6.39. The second-order valence-corrected chi connectivity index (χ2v) is 7.43. The van der Waals surface area contributed by atoms with Crippen LogP contribution in [0.4, 0.5) is 5.69 Å². The Morgan fingerprint density at radius 1 is 1.31 bits per heavy atom. The van der Waals surface area contributed by atoms with Gasteiger partial charge in [-0.3, -0.25) is 9.59 Å². The van der Waals surface area contributed by atoms with Crippen LogP contribution in [0.25, 0.3) is 0 Å². The number of rotatable bonds is 3. The van der Waals surface area contributed by atoms with E-state index >= 15 is 0 Å². The van der Waals surface area contributed by atoms with Crippen molar-refractivity contribution in [2.75, 3.05) is 18.0 Å². The van der Waals surface area contributed by atoms with Gasteiger partial charge in [0, 0.05) is 44.7 Å². The number of hydrogen-bond acceptors (Lipinski definition) is 5. The van der Waals surface area contributed by atoms with Crippen LogP contribution in [0.5, 0.6) is 0 Å². The lowest BCUT2D eigenvalue weighted by molar-refractivity contribution is -0.133. The van der Waals surface area contributed by atoms with E-state index < -0.39 is 0 Å². The summed E-state index contributed by atoms with van der Waals surface area (Å²) in [7, 11) is 1.72. The van der Waals surface area contributed by atoms with Crippen molar-refractivity contribution in [3.05, 3.63) is 50.7 Å². The molecule has 7 nitrogen and oxygen atoms in total. The van der Waals surface area contributed by atoms with Crippen LogP contribution in [0, 0.1) is 12.8 Å². The van der Waals surface area contributed by atoms with E-state index in [1.807, 2.05) is 17.9 Å². The van der Waals surface area contributed by atoms with Crippen LogP contribution >= 0.6 is 11.6 Å². The van der Waals surface area contributed by atoms with E-state index in [0.717, 1.165) is 35.6 Å². The van der Waals surface area contributed by atoms with Crippen molar-refractivity contribution in [3.8, 4) is 0 Å². The molecule has 1 saturated heterocycles. The molecule has 2 aliphatic rings. The molecule has 0 aliphatic carbocycles. The molecule has 0 unspecified atom stereocenters. The zero-order valence-corrected chi connectivity index (χ0v) is 15.5. The van der Waals surface area contributed by atoms with E-state index in [4.69, 9.17) is 11.6 Å². The van der Waals surface area contributed by atoms with Crippen molar-refractivity contribution < 1.29 is 4.79 Å².